The molecule has 2 heterocycles. The van der Waals surface area contributed by atoms with Gasteiger partial charge in [-0.15, -0.1) is 0 Å². The molecule has 2 saturated heterocycles. The Hall–Kier alpha value is -1.95. The Morgan fingerprint density at radius 1 is 1.11 bits per heavy atom. The highest BCUT2D eigenvalue weighted by atomic mass is 16.5. The molecule has 2 fully saturated rings. The number of benzene rings is 1. The van der Waals surface area contributed by atoms with Crippen molar-refractivity contribution in [3.05, 3.63) is 24.3 Å². The third-order valence-electron chi connectivity index (χ3n) is 5.90. The molecule has 2 aliphatic heterocycles. The van der Waals surface area contributed by atoms with Gasteiger partial charge in [-0.05, 0) is 63.0 Å². The van der Waals surface area contributed by atoms with Crippen LogP contribution in [0.5, 0.6) is 5.75 Å². The van der Waals surface area contributed by atoms with Crippen molar-refractivity contribution in [1.82, 2.24) is 15.1 Å². The van der Waals surface area contributed by atoms with Crippen LogP contribution in [0.2, 0.25) is 0 Å². The third kappa shape index (κ3) is 5.53. The van der Waals surface area contributed by atoms with Gasteiger partial charge in [0.25, 0.3) is 0 Å². The molecule has 0 radical (unpaired) electrons. The lowest BCUT2D eigenvalue weighted by molar-refractivity contribution is 0.186. The van der Waals surface area contributed by atoms with Gasteiger partial charge in [-0.25, -0.2) is 0 Å². The summed E-state index contributed by atoms with van der Waals surface area (Å²) < 4.78 is 5.27. The molecule has 0 amide bonds. The van der Waals surface area contributed by atoms with Gasteiger partial charge in [0.1, 0.15) is 5.75 Å². The summed E-state index contributed by atoms with van der Waals surface area (Å²) in [5.41, 5.74) is 1.27. The Labute approximate surface area is 170 Å². The fraction of sp³-hybridized carbons (Fsp3) is 0.682. The zero-order valence-electron chi connectivity index (χ0n) is 17.9. The predicted molar refractivity (Wildman–Crippen MR) is 118 cm³/mol. The molecule has 156 valence electrons. The van der Waals surface area contributed by atoms with Crippen LogP contribution in [0.15, 0.2) is 29.3 Å². The Morgan fingerprint density at radius 2 is 1.86 bits per heavy atom. The van der Waals surface area contributed by atoms with Gasteiger partial charge in [-0.1, -0.05) is 6.92 Å². The van der Waals surface area contributed by atoms with E-state index in [-0.39, 0.29) is 0 Å². The van der Waals surface area contributed by atoms with E-state index in [1.165, 1.54) is 31.6 Å². The number of guanidine groups is 1. The lowest BCUT2D eigenvalue weighted by Crippen LogP contribution is -2.52. The molecule has 2 aliphatic rings. The second-order valence-corrected chi connectivity index (χ2v) is 7.77. The molecule has 6 heteroatoms. The highest BCUT2D eigenvalue weighted by Crippen LogP contribution is 2.21. The van der Waals surface area contributed by atoms with Crippen LogP contribution in [0.4, 0.5) is 5.69 Å². The first-order chi connectivity index (χ1) is 13.7. The maximum Gasteiger partial charge on any atom is 0.194 e. The number of hydrogen-bond acceptors (Lipinski definition) is 4. The van der Waals surface area contributed by atoms with Crippen molar-refractivity contribution in [2.45, 2.75) is 26.7 Å². The molecule has 0 bridgehead atoms. The quantitative estimate of drug-likeness (QED) is 0.600. The summed E-state index contributed by atoms with van der Waals surface area (Å²) in [6, 6.07) is 8.38. The lowest BCUT2D eigenvalue weighted by atomic mass is 9.98. The Morgan fingerprint density at radius 3 is 2.50 bits per heavy atom. The van der Waals surface area contributed by atoms with Crippen molar-refractivity contribution < 1.29 is 4.74 Å². The van der Waals surface area contributed by atoms with E-state index in [9.17, 15) is 0 Å². The second-order valence-electron chi connectivity index (χ2n) is 7.77. The van der Waals surface area contributed by atoms with Gasteiger partial charge >= 0.3 is 0 Å². The molecule has 0 saturated carbocycles. The van der Waals surface area contributed by atoms with E-state index in [0.717, 1.165) is 57.5 Å². The minimum Gasteiger partial charge on any atom is -0.497 e. The average molecular weight is 388 g/mol. The van der Waals surface area contributed by atoms with Crippen molar-refractivity contribution in [3.63, 3.8) is 0 Å². The maximum atomic E-state index is 5.27. The predicted octanol–water partition coefficient (Wildman–Crippen LogP) is 2.51. The smallest absolute Gasteiger partial charge is 0.194 e. The molecule has 1 unspecified atom stereocenters. The Bertz CT molecular complexity index is 610. The van der Waals surface area contributed by atoms with Gasteiger partial charge in [0.2, 0.25) is 0 Å². The largest absolute Gasteiger partial charge is 0.497 e. The van der Waals surface area contributed by atoms with Crippen molar-refractivity contribution in [1.29, 1.82) is 0 Å². The van der Waals surface area contributed by atoms with Crippen molar-refractivity contribution in [2.24, 2.45) is 10.9 Å². The van der Waals surface area contributed by atoms with Gasteiger partial charge in [0.15, 0.2) is 5.96 Å². The van der Waals surface area contributed by atoms with Crippen LogP contribution in [0, 0.1) is 5.92 Å². The lowest BCUT2D eigenvalue weighted by Gasteiger charge is -2.38. The molecule has 0 aliphatic carbocycles. The van der Waals surface area contributed by atoms with E-state index in [2.05, 4.69) is 46.0 Å². The normalized spacial score (nSPS) is 21.7. The molecular formula is C22H37N5O. The van der Waals surface area contributed by atoms with Crippen LogP contribution in [0.25, 0.3) is 0 Å². The maximum absolute atomic E-state index is 5.27. The Balaban J connectivity index is 1.54. The van der Waals surface area contributed by atoms with Gasteiger partial charge < -0.3 is 24.8 Å². The van der Waals surface area contributed by atoms with E-state index < -0.39 is 0 Å². The second kappa shape index (κ2) is 10.6. The number of likely N-dealkylation sites (tertiary alicyclic amines) is 1. The number of piperazine rings is 1. The molecule has 28 heavy (non-hydrogen) atoms. The SMILES string of the molecule is CCNC(=NCC1CCCN(CC)C1)N1CCN(c2ccc(OC)cc2)CC1. The number of aliphatic imine (C=N–C) groups is 1. The van der Waals surface area contributed by atoms with Crippen LogP contribution >= 0.6 is 0 Å². The molecule has 3 rings (SSSR count). The number of nitrogens with zero attached hydrogens (tertiary/aromatic N) is 4. The summed E-state index contributed by atoms with van der Waals surface area (Å²) in [4.78, 5) is 12.4. The minimum atomic E-state index is 0.697. The molecule has 1 N–H and O–H groups in total. The van der Waals surface area contributed by atoms with Crippen molar-refractivity contribution >= 4 is 11.6 Å². The zero-order valence-corrected chi connectivity index (χ0v) is 17.9. The van der Waals surface area contributed by atoms with E-state index in [1.807, 2.05) is 12.1 Å². The standard InChI is InChI=1S/C22H37N5O/c1-4-23-22(24-17-19-7-6-12-25(5-2)18-19)27-15-13-26(14-16-27)20-8-10-21(28-3)11-9-20/h8-11,19H,4-7,12-18H2,1-3H3,(H,23,24). The molecular weight excluding hydrogens is 350 g/mol. The van der Waals surface area contributed by atoms with E-state index in [0.29, 0.717) is 5.92 Å². The van der Waals surface area contributed by atoms with E-state index in [1.54, 1.807) is 7.11 Å². The van der Waals surface area contributed by atoms with Crippen LogP contribution < -0.4 is 15.0 Å². The number of piperidine rings is 1. The van der Waals surface area contributed by atoms with Crippen molar-refractivity contribution in [3.8, 4) is 5.75 Å². The summed E-state index contributed by atoms with van der Waals surface area (Å²) in [6.45, 7) is 13.9. The number of anilines is 1. The van der Waals surface area contributed by atoms with Crippen LogP contribution in [0.1, 0.15) is 26.7 Å². The fourth-order valence-electron chi connectivity index (χ4n) is 4.20. The van der Waals surface area contributed by atoms with Gasteiger partial charge in [-0.3, -0.25) is 4.99 Å². The minimum absolute atomic E-state index is 0.697. The third-order valence-corrected chi connectivity index (χ3v) is 5.90. The zero-order chi connectivity index (χ0) is 19.8. The fourth-order valence-corrected chi connectivity index (χ4v) is 4.20. The molecule has 1 aromatic rings. The summed E-state index contributed by atoms with van der Waals surface area (Å²) in [7, 11) is 1.71. The first-order valence-electron chi connectivity index (χ1n) is 10.9. The number of methoxy groups -OCH3 is 1. The highest BCUT2D eigenvalue weighted by Gasteiger charge is 2.22. The average Bonchev–Trinajstić information content (AvgIpc) is 2.77. The first-order valence-corrected chi connectivity index (χ1v) is 10.9. The number of rotatable bonds is 6. The molecule has 1 aromatic carbocycles. The summed E-state index contributed by atoms with van der Waals surface area (Å²) in [5.74, 6) is 2.70. The van der Waals surface area contributed by atoms with Gasteiger partial charge in [0, 0.05) is 51.5 Å². The van der Waals surface area contributed by atoms with E-state index >= 15 is 0 Å². The highest BCUT2D eigenvalue weighted by molar-refractivity contribution is 5.80. The van der Waals surface area contributed by atoms with Crippen LogP contribution in [-0.2, 0) is 0 Å². The Kier molecular flexibility index (Phi) is 7.83. The first kappa shape index (κ1) is 20.8. The number of hydrogen-bond donors (Lipinski definition) is 1. The molecule has 0 aromatic heterocycles. The van der Waals surface area contributed by atoms with E-state index in [4.69, 9.17) is 9.73 Å². The molecule has 1 atom stereocenters. The summed E-state index contributed by atoms with van der Waals surface area (Å²) in [6.07, 6.45) is 2.62. The topological polar surface area (TPSA) is 43.3 Å². The van der Waals surface area contributed by atoms with Crippen LogP contribution in [-0.4, -0.2) is 81.8 Å². The number of nitrogens with one attached hydrogen (secondary N) is 1. The summed E-state index contributed by atoms with van der Waals surface area (Å²) in [5, 5.41) is 3.51. The number of ether oxygens (including phenoxy) is 1. The molecule has 0 spiro atoms. The van der Waals surface area contributed by atoms with Crippen LogP contribution in [0.3, 0.4) is 0 Å². The summed E-state index contributed by atoms with van der Waals surface area (Å²) >= 11 is 0. The monoisotopic (exact) mass is 387 g/mol. The van der Waals surface area contributed by atoms with Gasteiger partial charge in [0.05, 0.1) is 7.11 Å². The van der Waals surface area contributed by atoms with Crippen molar-refractivity contribution in [2.75, 3.05) is 70.9 Å². The molecule has 6 nitrogen and oxygen atoms in total. The van der Waals surface area contributed by atoms with Gasteiger partial charge in [-0.2, -0.15) is 0 Å².